The number of carbonyl (C=O) groups excluding carboxylic acids is 2. The Morgan fingerprint density at radius 3 is 2.52 bits per heavy atom. The highest BCUT2D eigenvalue weighted by Gasteiger charge is 2.31. The second kappa shape index (κ2) is 10.2. The van der Waals surface area contributed by atoms with Crippen LogP contribution < -0.4 is 15.4 Å². The zero-order valence-corrected chi connectivity index (χ0v) is 16.7. The number of alkyl halides is 3. The van der Waals surface area contributed by atoms with Gasteiger partial charge in [-0.2, -0.15) is 0 Å². The van der Waals surface area contributed by atoms with Gasteiger partial charge in [-0.3, -0.25) is 9.59 Å². The second-order valence-corrected chi connectivity index (χ2v) is 7.23. The van der Waals surface area contributed by atoms with Crippen molar-refractivity contribution < 1.29 is 27.5 Å². The molecular weight excluding hydrogens is 411 g/mol. The molecule has 0 bridgehead atoms. The van der Waals surface area contributed by atoms with Gasteiger partial charge < -0.3 is 20.3 Å². The Bertz CT molecular complexity index is 694. The van der Waals surface area contributed by atoms with Crippen LogP contribution in [-0.4, -0.2) is 55.3 Å². The highest BCUT2D eigenvalue weighted by molar-refractivity contribution is 5.94. The molecule has 0 saturated carbocycles. The first kappa shape index (κ1) is 23.3. The fourth-order valence-corrected chi connectivity index (χ4v) is 3.67. The molecule has 0 aliphatic carbocycles. The number of nitrogens with one attached hydrogen (secondary N) is 2. The standard InChI is InChI=1S/C19H24F3N3O3.ClH/c20-19(21,22)28-15-7-5-14(6-8-15)18(27)25-10-2-3-13(12-25)11-24-17(26)16-4-1-9-23-16;/h5-8,13,16,23H,1-4,9-12H2,(H,24,26);1H. The zero-order valence-electron chi connectivity index (χ0n) is 15.8. The van der Waals surface area contributed by atoms with E-state index in [0.717, 1.165) is 44.4 Å². The molecule has 2 fully saturated rings. The summed E-state index contributed by atoms with van der Waals surface area (Å²) in [5.41, 5.74) is 0.314. The number of rotatable bonds is 5. The molecule has 162 valence electrons. The number of piperidine rings is 1. The number of amides is 2. The van der Waals surface area contributed by atoms with Crippen LogP contribution in [0, 0.1) is 5.92 Å². The van der Waals surface area contributed by atoms with Gasteiger partial charge in [0.1, 0.15) is 5.75 Å². The number of nitrogens with zero attached hydrogens (tertiary/aromatic N) is 1. The smallest absolute Gasteiger partial charge is 0.406 e. The molecule has 0 spiro atoms. The minimum absolute atomic E-state index is 0. The zero-order chi connectivity index (χ0) is 20.1. The van der Waals surface area contributed by atoms with Gasteiger partial charge in [0.2, 0.25) is 5.91 Å². The summed E-state index contributed by atoms with van der Waals surface area (Å²) in [6.07, 6.45) is -1.18. The van der Waals surface area contributed by atoms with E-state index < -0.39 is 6.36 Å². The average molecular weight is 436 g/mol. The summed E-state index contributed by atoms with van der Waals surface area (Å²) < 4.78 is 40.5. The molecule has 2 unspecified atom stereocenters. The van der Waals surface area contributed by atoms with E-state index in [1.165, 1.54) is 12.1 Å². The predicted octanol–water partition coefficient (Wildman–Crippen LogP) is 2.73. The van der Waals surface area contributed by atoms with Gasteiger partial charge in [0.25, 0.3) is 5.91 Å². The lowest BCUT2D eigenvalue weighted by atomic mass is 9.97. The van der Waals surface area contributed by atoms with Crippen molar-refractivity contribution in [2.24, 2.45) is 5.92 Å². The van der Waals surface area contributed by atoms with Gasteiger partial charge >= 0.3 is 6.36 Å². The van der Waals surface area contributed by atoms with E-state index in [4.69, 9.17) is 0 Å². The minimum Gasteiger partial charge on any atom is -0.406 e. The maximum Gasteiger partial charge on any atom is 0.573 e. The lowest BCUT2D eigenvalue weighted by Gasteiger charge is -2.33. The van der Waals surface area contributed by atoms with Crippen molar-refractivity contribution >= 4 is 24.2 Å². The average Bonchev–Trinajstić information content (AvgIpc) is 3.20. The van der Waals surface area contributed by atoms with Crippen LogP contribution in [0.25, 0.3) is 0 Å². The first-order valence-corrected chi connectivity index (χ1v) is 9.48. The molecular formula is C19H25ClF3N3O3. The van der Waals surface area contributed by atoms with Crippen LogP contribution in [0.4, 0.5) is 13.2 Å². The van der Waals surface area contributed by atoms with Crippen molar-refractivity contribution in [1.29, 1.82) is 0 Å². The molecule has 0 radical (unpaired) electrons. The van der Waals surface area contributed by atoms with Gasteiger partial charge in [-0.15, -0.1) is 25.6 Å². The summed E-state index contributed by atoms with van der Waals surface area (Å²) in [5.74, 6) is -0.423. The summed E-state index contributed by atoms with van der Waals surface area (Å²) in [4.78, 5) is 26.5. The third-order valence-electron chi connectivity index (χ3n) is 5.08. The first-order chi connectivity index (χ1) is 13.3. The van der Waals surface area contributed by atoms with E-state index in [0.29, 0.717) is 25.2 Å². The van der Waals surface area contributed by atoms with Crippen LogP contribution in [0.15, 0.2) is 24.3 Å². The Balaban J connectivity index is 0.00000300. The fraction of sp³-hybridized carbons (Fsp3) is 0.579. The molecule has 29 heavy (non-hydrogen) atoms. The van der Waals surface area contributed by atoms with Crippen LogP contribution in [0.3, 0.4) is 0 Å². The summed E-state index contributed by atoms with van der Waals surface area (Å²) in [6.45, 7) is 2.47. The van der Waals surface area contributed by atoms with Crippen molar-refractivity contribution in [3.63, 3.8) is 0 Å². The number of carbonyl (C=O) groups is 2. The molecule has 2 N–H and O–H groups in total. The quantitative estimate of drug-likeness (QED) is 0.746. The first-order valence-electron chi connectivity index (χ1n) is 9.48. The molecule has 2 aliphatic heterocycles. The maximum atomic E-state index is 12.7. The molecule has 2 amide bonds. The van der Waals surface area contributed by atoms with E-state index >= 15 is 0 Å². The third-order valence-corrected chi connectivity index (χ3v) is 5.08. The largest absolute Gasteiger partial charge is 0.573 e. The van der Waals surface area contributed by atoms with Crippen molar-refractivity contribution in [1.82, 2.24) is 15.5 Å². The van der Waals surface area contributed by atoms with Gasteiger partial charge in [0, 0.05) is 25.2 Å². The molecule has 3 rings (SSSR count). The Morgan fingerprint density at radius 1 is 1.17 bits per heavy atom. The molecule has 2 atom stereocenters. The van der Waals surface area contributed by atoms with Gasteiger partial charge in [-0.05, 0) is 62.4 Å². The molecule has 0 aromatic heterocycles. The van der Waals surface area contributed by atoms with Crippen LogP contribution in [-0.2, 0) is 4.79 Å². The third kappa shape index (κ3) is 6.78. The molecule has 2 heterocycles. The number of likely N-dealkylation sites (tertiary alicyclic amines) is 1. The highest BCUT2D eigenvalue weighted by atomic mass is 35.5. The van der Waals surface area contributed by atoms with E-state index in [1.807, 2.05) is 0 Å². The summed E-state index contributed by atoms with van der Waals surface area (Å²) in [5, 5.41) is 6.11. The van der Waals surface area contributed by atoms with Crippen LogP contribution in [0.1, 0.15) is 36.0 Å². The van der Waals surface area contributed by atoms with Crippen LogP contribution in [0.5, 0.6) is 5.75 Å². The summed E-state index contributed by atoms with van der Waals surface area (Å²) in [6, 6.07) is 4.81. The minimum atomic E-state index is -4.76. The normalized spacial score (nSPS) is 22.0. The number of ether oxygens (including phenoxy) is 1. The monoisotopic (exact) mass is 435 g/mol. The van der Waals surface area contributed by atoms with E-state index in [1.54, 1.807) is 4.90 Å². The molecule has 6 nitrogen and oxygen atoms in total. The Hall–Kier alpha value is -2.00. The summed E-state index contributed by atoms with van der Waals surface area (Å²) in [7, 11) is 0. The van der Waals surface area contributed by atoms with Crippen molar-refractivity contribution in [3.05, 3.63) is 29.8 Å². The lowest BCUT2D eigenvalue weighted by Crippen LogP contribution is -2.46. The lowest BCUT2D eigenvalue weighted by molar-refractivity contribution is -0.274. The van der Waals surface area contributed by atoms with Gasteiger partial charge in [0.05, 0.1) is 6.04 Å². The van der Waals surface area contributed by atoms with E-state index in [9.17, 15) is 22.8 Å². The van der Waals surface area contributed by atoms with Crippen LogP contribution >= 0.6 is 12.4 Å². The summed E-state index contributed by atoms with van der Waals surface area (Å²) >= 11 is 0. The highest BCUT2D eigenvalue weighted by Crippen LogP contribution is 2.24. The number of hydrogen-bond donors (Lipinski definition) is 2. The number of hydrogen-bond acceptors (Lipinski definition) is 4. The SMILES string of the molecule is Cl.O=C(NCC1CCCN(C(=O)c2ccc(OC(F)(F)F)cc2)C1)C1CCCN1. The van der Waals surface area contributed by atoms with Gasteiger partial charge in [0.15, 0.2) is 0 Å². The predicted molar refractivity (Wildman–Crippen MR) is 103 cm³/mol. The van der Waals surface area contributed by atoms with Gasteiger partial charge in [-0.1, -0.05) is 0 Å². The molecule has 2 aliphatic rings. The van der Waals surface area contributed by atoms with Crippen molar-refractivity contribution in [2.75, 3.05) is 26.2 Å². The van der Waals surface area contributed by atoms with Crippen molar-refractivity contribution in [2.45, 2.75) is 38.1 Å². The maximum absolute atomic E-state index is 12.7. The Kier molecular flexibility index (Phi) is 8.15. The Labute approximate surface area is 173 Å². The van der Waals surface area contributed by atoms with Gasteiger partial charge in [-0.25, -0.2) is 0 Å². The fourth-order valence-electron chi connectivity index (χ4n) is 3.67. The molecule has 10 heteroatoms. The van der Waals surface area contributed by atoms with Crippen LogP contribution in [0.2, 0.25) is 0 Å². The van der Waals surface area contributed by atoms with Crippen molar-refractivity contribution in [3.8, 4) is 5.75 Å². The number of benzene rings is 1. The van der Waals surface area contributed by atoms with E-state index in [-0.39, 0.29) is 41.9 Å². The molecule has 1 aromatic rings. The Morgan fingerprint density at radius 2 is 1.90 bits per heavy atom. The second-order valence-electron chi connectivity index (χ2n) is 7.23. The number of halogens is 4. The molecule has 1 aromatic carbocycles. The topological polar surface area (TPSA) is 70.7 Å². The van der Waals surface area contributed by atoms with E-state index in [2.05, 4.69) is 15.4 Å². The molecule has 2 saturated heterocycles.